The van der Waals surface area contributed by atoms with Crippen molar-refractivity contribution in [3.63, 3.8) is 0 Å². The first kappa shape index (κ1) is 24.8. The molecule has 3 aromatic heterocycles. The lowest BCUT2D eigenvalue weighted by molar-refractivity contribution is 0.146. The summed E-state index contributed by atoms with van der Waals surface area (Å²) in [6, 6.07) is 14.4. The fourth-order valence-corrected chi connectivity index (χ4v) is 4.51. The van der Waals surface area contributed by atoms with Crippen molar-refractivity contribution in [1.29, 1.82) is 0 Å². The highest BCUT2D eigenvalue weighted by Gasteiger charge is 2.17. The number of ether oxygens (including phenoxy) is 3. The van der Waals surface area contributed by atoms with E-state index in [2.05, 4.69) is 51.6 Å². The van der Waals surface area contributed by atoms with Gasteiger partial charge in [0, 0.05) is 47.8 Å². The van der Waals surface area contributed by atoms with E-state index in [1.807, 2.05) is 43.8 Å². The molecule has 5 aromatic rings. The maximum atomic E-state index is 6.20. The minimum absolute atomic E-state index is 0.465. The Kier molecular flexibility index (Phi) is 7.67. The summed E-state index contributed by atoms with van der Waals surface area (Å²) in [4.78, 5) is 8.20. The van der Waals surface area contributed by atoms with E-state index in [1.54, 1.807) is 11.8 Å². The lowest BCUT2D eigenvalue weighted by atomic mass is 9.98. The monoisotopic (exact) mass is 499 g/mol. The first-order valence-corrected chi connectivity index (χ1v) is 12.7. The van der Waals surface area contributed by atoms with Crippen molar-refractivity contribution < 1.29 is 14.2 Å². The molecule has 2 aromatic carbocycles. The summed E-state index contributed by atoms with van der Waals surface area (Å²) in [7, 11) is 3.59. The highest BCUT2D eigenvalue weighted by atomic mass is 16.5. The summed E-state index contributed by atoms with van der Waals surface area (Å²) in [5, 5.41) is 9.81. The molecule has 0 amide bonds. The second-order valence-corrected chi connectivity index (χ2v) is 8.93. The first-order chi connectivity index (χ1) is 18.2. The number of aromatic nitrogens is 4. The number of nitrogens with one attached hydrogen (secondary N) is 2. The molecule has 0 atom stereocenters. The molecule has 0 unspecified atom stereocenters. The molecule has 0 spiro atoms. The average Bonchev–Trinajstić information content (AvgIpc) is 3.52. The number of hydrogen-bond donors (Lipinski definition) is 2. The zero-order chi connectivity index (χ0) is 25.6. The number of fused-ring (bicyclic) bond motifs is 3. The third kappa shape index (κ3) is 5.45. The van der Waals surface area contributed by atoms with E-state index in [1.165, 1.54) is 0 Å². The van der Waals surface area contributed by atoms with E-state index in [9.17, 15) is 0 Å². The predicted octanol–water partition coefficient (Wildman–Crippen LogP) is 5.19. The standard InChI is InChI=1S/C29H33N5O3/c1-4-30-12-5-13-36-22-8-6-20(7-9-22)28-27(37-15-14-35-3)11-10-24-29(28)23-16-25(31-18-26(23)33-24)21-17-32-34(2)19-21/h6-11,16-19,30,33H,4-5,12-15H2,1-3H3. The fraction of sp³-hybridized carbons (Fsp3) is 0.310. The molecule has 192 valence electrons. The molecule has 0 saturated heterocycles. The highest BCUT2D eigenvalue weighted by Crippen LogP contribution is 2.42. The van der Waals surface area contributed by atoms with Crippen LogP contribution in [-0.2, 0) is 11.8 Å². The predicted molar refractivity (Wildman–Crippen MR) is 147 cm³/mol. The zero-order valence-electron chi connectivity index (χ0n) is 21.6. The normalized spacial score (nSPS) is 11.4. The fourth-order valence-electron chi connectivity index (χ4n) is 4.51. The van der Waals surface area contributed by atoms with Gasteiger partial charge in [0.2, 0.25) is 0 Å². The van der Waals surface area contributed by atoms with Crippen LogP contribution in [-0.4, -0.2) is 59.8 Å². The van der Waals surface area contributed by atoms with E-state index in [4.69, 9.17) is 14.2 Å². The van der Waals surface area contributed by atoms with E-state index in [0.717, 1.165) is 75.2 Å². The number of aryl methyl sites for hydroxylation is 1. The lowest BCUT2D eigenvalue weighted by Gasteiger charge is -2.14. The van der Waals surface area contributed by atoms with Crippen molar-refractivity contribution in [3.8, 4) is 33.9 Å². The molecule has 3 heterocycles. The molecule has 0 aliphatic heterocycles. The summed E-state index contributed by atoms with van der Waals surface area (Å²) in [6.07, 6.45) is 6.66. The van der Waals surface area contributed by atoms with Crippen LogP contribution in [0.3, 0.4) is 0 Å². The molecular formula is C29H33N5O3. The number of pyridine rings is 1. The number of benzene rings is 2. The van der Waals surface area contributed by atoms with Crippen LogP contribution in [0.2, 0.25) is 0 Å². The second kappa shape index (κ2) is 11.5. The van der Waals surface area contributed by atoms with Crippen LogP contribution in [0.25, 0.3) is 44.2 Å². The van der Waals surface area contributed by atoms with Gasteiger partial charge in [-0.05, 0) is 55.4 Å². The molecule has 37 heavy (non-hydrogen) atoms. The Morgan fingerprint density at radius 1 is 0.946 bits per heavy atom. The Morgan fingerprint density at radius 3 is 2.57 bits per heavy atom. The molecule has 8 nitrogen and oxygen atoms in total. The van der Waals surface area contributed by atoms with Gasteiger partial charge in [0.25, 0.3) is 0 Å². The molecule has 0 fully saturated rings. The van der Waals surface area contributed by atoms with Crippen LogP contribution < -0.4 is 14.8 Å². The van der Waals surface area contributed by atoms with Crippen LogP contribution in [0.15, 0.2) is 61.1 Å². The van der Waals surface area contributed by atoms with Crippen LogP contribution in [0, 0.1) is 0 Å². The van der Waals surface area contributed by atoms with Gasteiger partial charge >= 0.3 is 0 Å². The maximum Gasteiger partial charge on any atom is 0.128 e. The number of hydrogen-bond acceptors (Lipinski definition) is 6. The van der Waals surface area contributed by atoms with Crippen LogP contribution in [0.1, 0.15) is 13.3 Å². The van der Waals surface area contributed by atoms with Crippen LogP contribution >= 0.6 is 0 Å². The van der Waals surface area contributed by atoms with Gasteiger partial charge < -0.3 is 24.5 Å². The Labute approximate surface area is 216 Å². The SMILES string of the molecule is CCNCCCOc1ccc(-c2c(OCCOC)ccc3[nH]c4cnc(-c5cnn(C)c5)cc4c23)cc1. The third-order valence-electron chi connectivity index (χ3n) is 6.32. The summed E-state index contributed by atoms with van der Waals surface area (Å²) in [5.74, 6) is 1.67. The number of H-pyrrole nitrogens is 1. The quantitative estimate of drug-likeness (QED) is 0.230. The van der Waals surface area contributed by atoms with Crippen LogP contribution in [0.4, 0.5) is 0 Å². The molecule has 2 N–H and O–H groups in total. The van der Waals surface area contributed by atoms with E-state index >= 15 is 0 Å². The molecular weight excluding hydrogens is 466 g/mol. The highest BCUT2D eigenvalue weighted by molar-refractivity contribution is 6.16. The second-order valence-electron chi connectivity index (χ2n) is 8.93. The van der Waals surface area contributed by atoms with Crippen molar-refractivity contribution in [1.82, 2.24) is 25.1 Å². The number of aromatic amines is 1. The zero-order valence-corrected chi connectivity index (χ0v) is 21.6. The van der Waals surface area contributed by atoms with E-state index in [0.29, 0.717) is 19.8 Å². The average molecular weight is 500 g/mol. The Bertz CT molecular complexity index is 1470. The van der Waals surface area contributed by atoms with Gasteiger partial charge in [-0.25, -0.2) is 0 Å². The summed E-state index contributed by atoms with van der Waals surface area (Å²) < 4.78 is 19.2. The van der Waals surface area contributed by atoms with Gasteiger partial charge in [0.15, 0.2) is 0 Å². The van der Waals surface area contributed by atoms with Crippen molar-refractivity contribution >= 4 is 21.8 Å². The minimum atomic E-state index is 0.465. The van der Waals surface area contributed by atoms with E-state index < -0.39 is 0 Å². The molecule has 0 aliphatic carbocycles. The number of rotatable bonds is 12. The topological polar surface area (TPSA) is 86.2 Å². The van der Waals surface area contributed by atoms with Crippen molar-refractivity contribution in [2.24, 2.45) is 7.05 Å². The third-order valence-corrected chi connectivity index (χ3v) is 6.32. The number of methoxy groups -OCH3 is 1. The van der Waals surface area contributed by atoms with Gasteiger partial charge in [-0.3, -0.25) is 9.67 Å². The summed E-state index contributed by atoms with van der Waals surface area (Å²) in [5.41, 5.74) is 5.93. The van der Waals surface area contributed by atoms with Gasteiger partial charge in [-0.1, -0.05) is 19.1 Å². The maximum absolute atomic E-state index is 6.20. The first-order valence-electron chi connectivity index (χ1n) is 12.7. The van der Waals surface area contributed by atoms with Crippen LogP contribution in [0.5, 0.6) is 11.5 Å². The van der Waals surface area contributed by atoms with Crippen molar-refractivity contribution in [2.75, 3.05) is 40.0 Å². The van der Waals surface area contributed by atoms with Gasteiger partial charge in [-0.15, -0.1) is 0 Å². The lowest BCUT2D eigenvalue weighted by Crippen LogP contribution is -2.16. The summed E-state index contributed by atoms with van der Waals surface area (Å²) in [6.45, 7) is 5.70. The molecule has 0 bridgehead atoms. The van der Waals surface area contributed by atoms with E-state index in [-0.39, 0.29) is 0 Å². The van der Waals surface area contributed by atoms with Gasteiger partial charge in [0.1, 0.15) is 18.1 Å². The Hall–Kier alpha value is -3.88. The largest absolute Gasteiger partial charge is 0.494 e. The minimum Gasteiger partial charge on any atom is -0.494 e. The molecule has 0 aliphatic rings. The van der Waals surface area contributed by atoms with Crippen molar-refractivity contribution in [3.05, 3.63) is 61.1 Å². The van der Waals surface area contributed by atoms with Crippen molar-refractivity contribution in [2.45, 2.75) is 13.3 Å². The summed E-state index contributed by atoms with van der Waals surface area (Å²) >= 11 is 0. The molecule has 5 rings (SSSR count). The molecule has 0 radical (unpaired) electrons. The van der Waals surface area contributed by atoms with Gasteiger partial charge in [-0.2, -0.15) is 5.10 Å². The Morgan fingerprint density at radius 2 is 1.81 bits per heavy atom. The van der Waals surface area contributed by atoms with Gasteiger partial charge in [0.05, 0.1) is 36.8 Å². The molecule has 0 saturated carbocycles. The number of nitrogens with zero attached hydrogens (tertiary/aromatic N) is 3. The molecule has 8 heteroatoms. The Balaban J connectivity index is 1.56. The smallest absolute Gasteiger partial charge is 0.128 e.